The van der Waals surface area contributed by atoms with Crippen molar-refractivity contribution in [1.82, 2.24) is 0 Å². The molecule has 0 spiro atoms. The SMILES string of the molecule is CC=COC(CC[Si](OC)(OC)OC)(OC=CC)OC=CC. The molecule has 0 aliphatic heterocycles. The summed E-state index contributed by atoms with van der Waals surface area (Å²) in [6.07, 6.45) is 10.2. The lowest BCUT2D eigenvalue weighted by Crippen LogP contribution is -2.46. The number of ether oxygens (including phenoxy) is 3. The Morgan fingerprint density at radius 3 is 1.36 bits per heavy atom. The van der Waals surface area contributed by atoms with Crippen LogP contribution in [0.5, 0.6) is 0 Å². The van der Waals surface area contributed by atoms with Crippen LogP contribution in [0.2, 0.25) is 6.04 Å². The Kier molecular flexibility index (Phi) is 10.6. The lowest BCUT2D eigenvalue weighted by Gasteiger charge is -2.32. The maximum atomic E-state index is 5.64. The predicted octanol–water partition coefficient (Wildman–Crippen LogP) is 3.56. The lowest BCUT2D eigenvalue weighted by atomic mass is 10.4. The zero-order valence-electron chi connectivity index (χ0n) is 14.3. The fourth-order valence-corrected chi connectivity index (χ4v) is 3.36. The molecule has 0 saturated heterocycles. The first-order chi connectivity index (χ1) is 10.6. The molecule has 0 heterocycles. The third-order valence-corrected chi connectivity index (χ3v) is 5.55. The second-order valence-corrected chi connectivity index (χ2v) is 7.33. The topological polar surface area (TPSA) is 55.4 Å². The van der Waals surface area contributed by atoms with Crippen molar-refractivity contribution in [3.63, 3.8) is 0 Å². The first-order valence-electron chi connectivity index (χ1n) is 7.10. The molecule has 0 fully saturated rings. The van der Waals surface area contributed by atoms with Crippen molar-refractivity contribution >= 4 is 8.80 Å². The molecule has 0 saturated carbocycles. The molecule has 0 aromatic heterocycles. The monoisotopic (exact) mass is 332 g/mol. The highest BCUT2D eigenvalue weighted by molar-refractivity contribution is 6.60. The number of allylic oxidation sites excluding steroid dienone is 3. The maximum Gasteiger partial charge on any atom is 0.500 e. The molecule has 22 heavy (non-hydrogen) atoms. The Morgan fingerprint density at radius 2 is 1.09 bits per heavy atom. The fraction of sp³-hybridized carbons (Fsp3) is 0.600. The van der Waals surface area contributed by atoms with E-state index in [1.54, 1.807) is 39.6 Å². The van der Waals surface area contributed by atoms with Crippen LogP contribution in [0.4, 0.5) is 0 Å². The van der Waals surface area contributed by atoms with Crippen molar-refractivity contribution in [3.8, 4) is 0 Å². The first-order valence-corrected chi connectivity index (χ1v) is 9.03. The Balaban J connectivity index is 5.23. The summed E-state index contributed by atoms with van der Waals surface area (Å²) in [4.78, 5) is 0. The molecule has 0 aromatic carbocycles. The first kappa shape index (κ1) is 20.7. The molecule has 0 unspecified atom stereocenters. The summed E-state index contributed by atoms with van der Waals surface area (Å²) in [5, 5.41) is 0. The molecule has 0 rings (SSSR count). The minimum atomic E-state index is -2.76. The molecule has 0 atom stereocenters. The van der Waals surface area contributed by atoms with E-state index in [4.69, 9.17) is 27.5 Å². The van der Waals surface area contributed by atoms with Crippen LogP contribution in [-0.4, -0.2) is 36.1 Å². The van der Waals surface area contributed by atoms with E-state index in [2.05, 4.69) is 0 Å². The van der Waals surface area contributed by atoms with Gasteiger partial charge in [0.25, 0.3) is 0 Å². The van der Waals surface area contributed by atoms with Crippen molar-refractivity contribution in [2.24, 2.45) is 0 Å². The molecule has 128 valence electrons. The van der Waals surface area contributed by atoms with E-state index in [0.29, 0.717) is 12.5 Å². The van der Waals surface area contributed by atoms with Gasteiger partial charge in [0.2, 0.25) is 0 Å². The van der Waals surface area contributed by atoms with E-state index in [1.807, 2.05) is 20.8 Å². The van der Waals surface area contributed by atoms with Crippen molar-refractivity contribution in [2.45, 2.75) is 39.2 Å². The summed E-state index contributed by atoms with van der Waals surface area (Å²) in [5.74, 6) is -1.31. The van der Waals surface area contributed by atoms with Gasteiger partial charge in [-0.1, -0.05) is 18.2 Å². The zero-order valence-corrected chi connectivity index (χ0v) is 15.3. The summed E-state index contributed by atoms with van der Waals surface area (Å²) in [7, 11) is 1.93. The molecule has 0 radical (unpaired) electrons. The van der Waals surface area contributed by atoms with Gasteiger partial charge in [0, 0.05) is 27.4 Å². The molecule has 7 heteroatoms. The zero-order chi connectivity index (χ0) is 16.9. The number of hydrogen-bond donors (Lipinski definition) is 0. The molecule has 0 amide bonds. The molecular formula is C15H28O6Si. The molecule has 6 nitrogen and oxygen atoms in total. The minimum Gasteiger partial charge on any atom is -0.429 e. The van der Waals surface area contributed by atoms with Crippen molar-refractivity contribution < 1.29 is 27.5 Å². The van der Waals surface area contributed by atoms with E-state index in [9.17, 15) is 0 Å². The van der Waals surface area contributed by atoms with Gasteiger partial charge in [0.05, 0.1) is 25.2 Å². The van der Waals surface area contributed by atoms with Gasteiger partial charge in [-0.2, -0.15) is 0 Å². The molecule has 0 aliphatic carbocycles. The minimum absolute atomic E-state index is 0.355. The van der Waals surface area contributed by atoms with Gasteiger partial charge in [0.1, 0.15) is 0 Å². The molecule has 0 aliphatic rings. The maximum absolute atomic E-state index is 5.64. The van der Waals surface area contributed by atoms with Crippen LogP contribution in [0, 0.1) is 0 Å². The van der Waals surface area contributed by atoms with Gasteiger partial charge < -0.3 is 27.5 Å². The Morgan fingerprint density at radius 1 is 0.727 bits per heavy atom. The van der Waals surface area contributed by atoms with Crippen LogP contribution in [-0.2, 0) is 27.5 Å². The fourth-order valence-electron chi connectivity index (χ4n) is 1.64. The summed E-state index contributed by atoms with van der Waals surface area (Å²) in [6, 6.07) is 0.461. The standard InChI is InChI=1S/C15H28O6Si/c1-7-11-19-15(20-12-8-2,21-13-9-3)10-14-22(16-4,17-5)18-6/h7-9,11-13H,10,14H2,1-6H3. The van der Waals surface area contributed by atoms with Gasteiger partial charge in [-0.05, 0) is 20.8 Å². The van der Waals surface area contributed by atoms with Crippen LogP contribution in [0.1, 0.15) is 27.2 Å². The van der Waals surface area contributed by atoms with Crippen molar-refractivity contribution in [2.75, 3.05) is 21.3 Å². The van der Waals surface area contributed by atoms with Crippen molar-refractivity contribution in [3.05, 3.63) is 37.0 Å². The van der Waals surface area contributed by atoms with E-state index >= 15 is 0 Å². The summed E-state index contributed by atoms with van der Waals surface area (Å²) >= 11 is 0. The van der Waals surface area contributed by atoms with Gasteiger partial charge in [-0.3, -0.25) is 0 Å². The highest BCUT2D eigenvalue weighted by Crippen LogP contribution is 2.28. The second kappa shape index (κ2) is 11.3. The van der Waals surface area contributed by atoms with Crippen molar-refractivity contribution in [1.29, 1.82) is 0 Å². The van der Waals surface area contributed by atoms with Crippen LogP contribution < -0.4 is 0 Å². The second-order valence-electron chi connectivity index (χ2n) is 4.24. The summed E-state index contributed by atoms with van der Waals surface area (Å²) in [6.45, 7) is 5.53. The number of hydrogen-bond acceptors (Lipinski definition) is 6. The largest absolute Gasteiger partial charge is 0.500 e. The predicted molar refractivity (Wildman–Crippen MR) is 86.6 cm³/mol. The molecule has 0 N–H and O–H groups in total. The van der Waals surface area contributed by atoms with E-state index < -0.39 is 14.8 Å². The molecule has 0 aromatic rings. The van der Waals surface area contributed by atoms with Crippen LogP contribution in [0.3, 0.4) is 0 Å². The Labute approximate surface area is 134 Å². The summed E-state index contributed by atoms with van der Waals surface area (Å²) in [5.41, 5.74) is 0. The Bertz CT molecular complexity index is 319. The van der Waals surface area contributed by atoms with E-state index in [1.165, 1.54) is 18.8 Å². The van der Waals surface area contributed by atoms with E-state index in [-0.39, 0.29) is 0 Å². The summed E-state index contributed by atoms with van der Waals surface area (Å²) < 4.78 is 33.2. The molecular weight excluding hydrogens is 304 g/mol. The highest BCUT2D eigenvalue weighted by Gasteiger charge is 2.44. The van der Waals surface area contributed by atoms with Gasteiger partial charge in [-0.15, -0.1) is 0 Å². The molecule has 0 bridgehead atoms. The Hall–Kier alpha value is -1.28. The van der Waals surface area contributed by atoms with Crippen LogP contribution in [0.15, 0.2) is 37.0 Å². The van der Waals surface area contributed by atoms with E-state index in [0.717, 1.165) is 0 Å². The normalized spacial score (nSPS) is 15.5. The van der Waals surface area contributed by atoms with Crippen LogP contribution in [0.25, 0.3) is 0 Å². The van der Waals surface area contributed by atoms with Gasteiger partial charge in [-0.25, -0.2) is 0 Å². The van der Waals surface area contributed by atoms with Gasteiger partial charge >= 0.3 is 14.8 Å². The third kappa shape index (κ3) is 6.65. The highest BCUT2D eigenvalue weighted by atomic mass is 28.4. The third-order valence-electron chi connectivity index (χ3n) is 2.82. The van der Waals surface area contributed by atoms with Crippen LogP contribution >= 0.6 is 0 Å². The lowest BCUT2D eigenvalue weighted by molar-refractivity contribution is -0.319. The number of rotatable bonds is 12. The van der Waals surface area contributed by atoms with Gasteiger partial charge in [0.15, 0.2) is 0 Å². The quantitative estimate of drug-likeness (QED) is 0.309. The average Bonchev–Trinajstić information content (AvgIpc) is 2.57. The smallest absolute Gasteiger partial charge is 0.429 e. The average molecular weight is 332 g/mol.